The zero-order chi connectivity index (χ0) is 23.6. The lowest BCUT2D eigenvalue weighted by atomic mass is 9.89. The number of carboxylic acid groups (broad SMARTS) is 1. The summed E-state index contributed by atoms with van der Waals surface area (Å²) in [6.45, 7) is 2.45. The Morgan fingerprint density at radius 3 is 2.48 bits per heavy atom. The number of amides is 2. The number of carboxylic acids is 1. The number of aromatic hydroxyl groups is 1. The Labute approximate surface area is 193 Å². The van der Waals surface area contributed by atoms with E-state index in [2.05, 4.69) is 10.6 Å². The van der Waals surface area contributed by atoms with Crippen LogP contribution in [0.4, 0.5) is 0 Å². The first-order valence-corrected chi connectivity index (χ1v) is 11.4. The van der Waals surface area contributed by atoms with Crippen molar-refractivity contribution in [2.24, 2.45) is 0 Å². The number of carbonyl (C=O) groups excluding carboxylic acids is 2. The van der Waals surface area contributed by atoms with Gasteiger partial charge in [0.05, 0.1) is 12.2 Å². The molecule has 2 saturated heterocycles. The maximum Gasteiger partial charge on any atom is 0.329 e. The van der Waals surface area contributed by atoms with E-state index in [-0.39, 0.29) is 61.9 Å². The van der Waals surface area contributed by atoms with Crippen molar-refractivity contribution in [1.82, 2.24) is 15.5 Å². The van der Waals surface area contributed by atoms with Crippen molar-refractivity contribution < 1.29 is 34.1 Å². The summed E-state index contributed by atoms with van der Waals surface area (Å²) in [6, 6.07) is 7.04. The number of carbonyl (C=O) groups is 3. The second kappa shape index (κ2) is 12.5. The van der Waals surface area contributed by atoms with Gasteiger partial charge >= 0.3 is 5.97 Å². The fourth-order valence-corrected chi connectivity index (χ4v) is 4.25. The van der Waals surface area contributed by atoms with Crippen molar-refractivity contribution >= 4 is 17.8 Å². The number of hydrogen-bond donors (Lipinski definition) is 4. The number of phenolic OH excluding ortho intramolecular Hbond substituents is 1. The highest BCUT2D eigenvalue weighted by atomic mass is 16.5. The summed E-state index contributed by atoms with van der Waals surface area (Å²) >= 11 is 0. The molecule has 1 aromatic rings. The minimum Gasteiger partial charge on any atom is -0.508 e. The molecule has 182 valence electrons. The van der Waals surface area contributed by atoms with Crippen LogP contribution in [0.25, 0.3) is 0 Å². The second-order valence-electron chi connectivity index (χ2n) is 8.43. The monoisotopic (exact) mass is 463 g/mol. The molecule has 1 unspecified atom stereocenters. The molecule has 33 heavy (non-hydrogen) atoms. The van der Waals surface area contributed by atoms with E-state index in [1.165, 1.54) is 0 Å². The van der Waals surface area contributed by atoms with Crippen molar-refractivity contribution in [1.29, 1.82) is 0 Å². The Morgan fingerprint density at radius 2 is 1.79 bits per heavy atom. The van der Waals surface area contributed by atoms with E-state index in [0.717, 1.165) is 25.1 Å². The number of likely N-dealkylation sites (tertiary alicyclic amines) is 1. The summed E-state index contributed by atoms with van der Waals surface area (Å²) in [5.74, 6) is -0.990. The average molecular weight is 464 g/mol. The Bertz CT molecular complexity index is 794. The summed E-state index contributed by atoms with van der Waals surface area (Å²) in [5.41, 5.74) is 1.05. The Kier molecular flexibility index (Phi) is 9.47. The van der Waals surface area contributed by atoms with E-state index in [4.69, 9.17) is 14.6 Å². The Morgan fingerprint density at radius 1 is 1.06 bits per heavy atom. The molecule has 3 rings (SSSR count). The fraction of sp³-hybridized carbons (Fsp3) is 0.609. The molecule has 0 aliphatic carbocycles. The standard InChI is InChI=1S/C23H33N3O7/c27-17-3-1-16(2-4-17)19-13-24-9-5-20(19)33-14-21(28)25-10-6-22(29)26-11-7-18(8-12-26)32-15-23(30)31/h1-4,18-20,24,27H,5-15H2,(H,25,28)(H,30,31)/t19?,20-/m0/s1. The molecule has 0 spiro atoms. The van der Waals surface area contributed by atoms with Gasteiger partial charge in [-0.3, -0.25) is 9.59 Å². The number of phenols is 1. The number of piperidine rings is 2. The SMILES string of the molecule is O=C(O)COC1CCN(C(=O)CCNC(=O)CO[C@H]2CCNCC2c2ccc(O)cc2)CC1. The van der Waals surface area contributed by atoms with Crippen LogP contribution in [-0.4, -0.2) is 91.0 Å². The molecule has 1 aromatic carbocycles. The van der Waals surface area contributed by atoms with E-state index in [1.54, 1.807) is 17.0 Å². The Balaban J connectivity index is 1.33. The van der Waals surface area contributed by atoms with Crippen LogP contribution in [0.15, 0.2) is 24.3 Å². The molecule has 2 fully saturated rings. The molecule has 0 radical (unpaired) electrons. The van der Waals surface area contributed by atoms with Gasteiger partial charge < -0.3 is 35.2 Å². The van der Waals surface area contributed by atoms with Gasteiger partial charge in [0.15, 0.2) is 0 Å². The van der Waals surface area contributed by atoms with E-state index in [1.807, 2.05) is 12.1 Å². The first kappa shape index (κ1) is 24.9. The maximum atomic E-state index is 12.4. The fourth-order valence-electron chi connectivity index (χ4n) is 4.25. The van der Waals surface area contributed by atoms with Crippen LogP contribution in [0, 0.1) is 0 Å². The van der Waals surface area contributed by atoms with Crippen LogP contribution >= 0.6 is 0 Å². The van der Waals surface area contributed by atoms with Gasteiger partial charge in [-0.1, -0.05) is 12.1 Å². The minimum absolute atomic E-state index is 0.0429. The molecule has 2 amide bonds. The highest BCUT2D eigenvalue weighted by Crippen LogP contribution is 2.27. The number of benzene rings is 1. The van der Waals surface area contributed by atoms with Crippen LogP contribution in [0.1, 0.15) is 37.2 Å². The van der Waals surface area contributed by atoms with Gasteiger partial charge in [0, 0.05) is 38.5 Å². The molecule has 2 heterocycles. The van der Waals surface area contributed by atoms with E-state index < -0.39 is 5.97 Å². The van der Waals surface area contributed by atoms with Crippen LogP contribution in [-0.2, 0) is 23.9 Å². The quantitative estimate of drug-likeness (QED) is 0.393. The molecule has 10 nitrogen and oxygen atoms in total. The van der Waals surface area contributed by atoms with Gasteiger partial charge in [0.25, 0.3) is 0 Å². The third kappa shape index (κ3) is 7.99. The number of nitrogens with zero attached hydrogens (tertiary/aromatic N) is 1. The zero-order valence-electron chi connectivity index (χ0n) is 18.7. The van der Waals surface area contributed by atoms with Crippen molar-refractivity contribution in [2.45, 2.75) is 43.8 Å². The van der Waals surface area contributed by atoms with Gasteiger partial charge in [-0.05, 0) is 43.5 Å². The molecule has 0 aromatic heterocycles. The highest BCUT2D eigenvalue weighted by molar-refractivity contribution is 5.79. The first-order chi connectivity index (χ1) is 15.9. The van der Waals surface area contributed by atoms with Crippen LogP contribution < -0.4 is 10.6 Å². The van der Waals surface area contributed by atoms with Gasteiger partial charge in [0.1, 0.15) is 19.0 Å². The number of rotatable bonds is 10. The number of aliphatic carboxylic acids is 1. The van der Waals surface area contributed by atoms with Gasteiger partial charge in [0.2, 0.25) is 11.8 Å². The first-order valence-electron chi connectivity index (χ1n) is 11.4. The van der Waals surface area contributed by atoms with Crippen molar-refractivity contribution in [3.8, 4) is 5.75 Å². The third-order valence-electron chi connectivity index (χ3n) is 6.07. The lowest BCUT2D eigenvalue weighted by Gasteiger charge is -2.32. The maximum absolute atomic E-state index is 12.4. The van der Waals surface area contributed by atoms with E-state index >= 15 is 0 Å². The molecule has 0 bridgehead atoms. The predicted octanol–water partition coefficient (Wildman–Crippen LogP) is 0.453. The summed E-state index contributed by atoms with van der Waals surface area (Å²) in [4.78, 5) is 36.9. The van der Waals surface area contributed by atoms with Gasteiger partial charge in [-0.25, -0.2) is 4.79 Å². The molecular formula is C23H33N3O7. The molecular weight excluding hydrogens is 430 g/mol. The summed E-state index contributed by atoms with van der Waals surface area (Å²) in [6.07, 6.45) is 1.96. The molecule has 0 saturated carbocycles. The lowest BCUT2D eigenvalue weighted by Crippen LogP contribution is -2.43. The highest BCUT2D eigenvalue weighted by Gasteiger charge is 2.28. The zero-order valence-corrected chi connectivity index (χ0v) is 18.7. The molecule has 10 heteroatoms. The number of ether oxygens (including phenoxy) is 2. The third-order valence-corrected chi connectivity index (χ3v) is 6.07. The van der Waals surface area contributed by atoms with E-state index in [0.29, 0.717) is 25.9 Å². The normalized spacial score (nSPS) is 21.5. The van der Waals surface area contributed by atoms with Crippen LogP contribution in [0.3, 0.4) is 0 Å². The summed E-state index contributed by atoms with van der Waals surface area (Å²) in [7, 11) is 0. The average Bonchev–Trinajstić information content (AvgIpc) is 2.82. The molecule has 4 N–H and O–H groups in total. The van der Waals surface area contributed by atoms with E-state index in [9.17, 15) is 19.5 Å². The predicted molar refractivity (Wildman–Crippen MR) is 119 cm³/mol. The van der Waals surface area contributed by atoms with Crippen molar-refractivity contribution in [3.63, 3.8) is 0 Å². The van der Waals surface area contributed by atoms with Gasteiger partial charge in [-0.15, -0.1) is 0 Å². The topological polar surface area (TPSA) is 137 Å². The summed E-state index contributed by atoms with van der Waals surface area (Å²) in [5, 5.41) is 24.3. The van der Waals surface area contributed by atoms with Gasteiger partial charge in [-0.2, -0.15) is 0 Å². The smallest absolute Gasteiger partial charge is 0.329 e. The number of hydrogen-bond acceptors (Lipinski definition) is 7. The second-order valence-corrected chi connectivity index (χ2v) is 8.43. The largest absolute Gasteiger partial charge is 0.508 e. The lowest BCUT2D eigenvalue weighted by molar-refractivity contribution is -0.147. The molecule has 2 aliphatic rings. The minimum atomic E-state index is -0.996. The molecule has 2 aliphatic heterocycles. The van der Waals surface area contributed by atoms with Crippen molar-refractivity contribution in [3.05, 3.63) is 29.8 Å². The molecule has 2 atom stereocenters. The van der Waals surface area contributed by atoms with Crippen LogP contribution in [0.2, 0.25) is 0 Å². The summed E-state index contributed by atoms with van der Waals surface area (Å²) < 4.78 is 11.2. The Hall–Kier alpha value is -2.69. The van der Waals surface area contributed by atoms with Crippen LogP contribution in [0.5, 0.6) is 5.75 Å². The van der Waals surface area contributed by atoms with Crippen molar-refractivity contribution in [2.75, 3.05) is 45.9 Å². The number of nitrogens with one attached hydrogen (secondary N) is 2.